The highest BCUT2D eigenvalue weighted by molar-refractivity contribution is 7.99. The Labute approximate surface area is 187 Å². The van der Waals surface area contributed by atoms with Gasteiger partial charge < -0.3 is 9.15 Å². The van der Waals surface area contributed by atoms with Gasteiger partial charge in [0.2, 0.25) is 10.0 Å². The molecule has 2 heterocycles. The van der Waals surface area contributed by atoms with Gasteiger partial charge in [0.1, 0.15) is 5.75 Å². The Bertz CT molecular complexity index is 1100. The monoisotopic (exact) mass is 487 g/mol. The van der Waals surface area contributed by atoms with Crippen molar-refractivity contribution in [1.82, 2.24) is 14.9 Å². The topological polar surface area (TPSA) is 111 Å². The summed E-state index contributed by atoms with van der Waals surface area (Å²) >= 11 is 8.32. The van der Waals surface area contributed by atoms with Crippen LogP contribution in [0.3, 0.4) is 0 Å². The molecule has 0 bridgehead atoms. The minimum Gasteiger partial charge on any atom is -0.484 e. The maximum atomic E-state index is 12.4. The molecule has 8 nitrogen and oxygen atoms in total. The molecule has 0 saturated carbocycles. The number of sulfonamides is 1. The van der Waals surface area contributed by atoms with Crippen molar-refractivity contribution < 1.29 is 22.4 Å². The molecule has 0 spiro atoms. The molecule has 0 unspecified atom stereocenters. The van der Waals surface area contributed by atoms with E-state index in [2.05, 4.69) is 14.9 Å². The maximum absolute atomic E-state index is 12.4. The minimum absolute atomic E-state index is 0.0653. The molecule has 30 heavy (non-hydrogen) atoms. The van der Waals surface area contributed by atoms with E-state index in [9.17, 15) is 13.2 Å². The van der Waals surface area contributed by atoms with Gasteiger partial charge in [0, 0.05) is 16.4 Å². The third-order valence-electron chi connectivity index (χ3n) is 3.62. The number of carbonyl (C=O) groups is 1. The van der Waals surface area contributed by atoms with Gasteiger partial charge in [0.05, 0.1) is 16.9 Å². The van der Waals surface area contributed by atoms with Crippen molar-refractivity contribution in [2.24, 2.45) is 0 Å². The zero-order chi connectivity index (χ0) is 21.6. The number of aromatic nitrogens is 2. The maximum Gasteiger partial charge on any atom is 0.277 e. The van der Waals surface area contributed by atoms with Gasteiger partial charge >= 0.3 is 0 Å². The van der Waals surface area contributed by atoms with Crippen molar-refractivity contribution in [2.45, 2.75) is 18.3 Å². The molecular formula is C18H18ClN3O5S3. The van der Waals surface area contributed by atoms with Gasteiger partial charge in [0.15, 0.2) is 12.4 Å². The van der Waals surface area contributed by atoms with Gasteiger partial charge in [-0.15, -0.1) is 21.5 Å². The molecule has 0 fully saturated rings. The van der Waals surface area contributed by atoms with Gasteiger partial charge in [-0.05, 0) is 42.8 Å². The van der Waals surface area contributed by atoms with E-state index in [0.29, 0.717) is 34.5 Å². The smallest absolute Gasteiger partial charge is 0.277 e. The normalized spacial score (nSPS) is 11.5. The Hall–Kier alpha value is -1.92. The second-order valence-corrected chi connectivity index (χ2v) is 10.5. The number of nitrogens with one attached hydrogen (secondary N) is 1. The molecule has 0 aliphatic carbocycles. The first-order valence-corrected chi connectivity index (χ1v) is 12.8. The summed E-state index contributed by atoms with van der Waals surface area (Å²) < 4.78 is 35.6. The van der Waals surface area contributed by atoms with Crippen LogP contribution in [0.4, 0.5) is 0 Å². The molecule has 0 aliphatic rings. The highest BCUT2D eigenvalue weighted by atomic mass is 35.5. The molecule has 0 amide bonds. The quantitative estimate of drug-likeness (QED) is 0.323. The number of carbonyl (C=O) groups excluding carboxylic acids is 1. The van der Waals surface area contributed by atoms with Crippen molar-refractivity contribution in [3.8, 4) is 5.75 Å². The lowest BCUT2D eigenvalue weighted by Crippen LogP contribution is -2.23. The fraction of sp³-hybridized carbons (Fsp3) is 0.278. The van der Waals surface area contributed by atoms with E-state index in [4.69, 9.17) is 20.8 Å². The summed E-state index contributed by atoms with van der Waals surface area (Å²) in [6.07, 6.45) is 1.64. The van der Waals surface area contributed by atoms with E-state index in [0.717, 1.165) is 22.9 Å². The first-order chi connectivity index (χ1) is 14.3. The Balaban J connectivity index is 1.44. The van der Waals surface area contributed by atoms with Gasteiger partial charge in [-0.1, -0.05) is 23.4 Å². The van der Waals surface area contributed by atoms with Crippen molar-refractivity contribution in [3.05, 3.63) is 57.1 Å². The summed E-state index contributed by atoms with van der Waals surface area (Å²) in [5, 5.41) is 8.71. The first kappa shape index (κ1) is 22.8. The Kier molecular flexibility index (Phi) is 7.89. The van der Waals surface area contributed by atoms with Crippen LogP contribution < -0.4 is 9.46 Å². The Morgan fingerprint density at radius 1 is 1.23 bits per heavy atom. The number of hydrogen-bond acceptors (Lipinski definition) is 9. The van der Waals surface area contributed by atoms with Crippen molar-refractivity contribution in [1.29, 1.82) is 0 Å². The number of hydrogen-bond donors (Lipinski definition) is 1. The summed E-state index contributed by atoms with van der Waals surface area (Å²) in [5.41, 5.74) is 0. The number of rotatable bonds is 11. The van der Waals surface area contributed by atoms with Gasteiger partial charge in [0.25, 0.3) is 11.1 Å². The average Bonchev–Trinajstić information content (AvgIpc) is 3.34. The number of ether oxygens (including phenoxy) is 1. The van der Waals surface area contributed by atoms with Crippen LogP contribution in [-0.4, -0.2) is 43.0 Å². The largest absolute Gasteiger partial charge is 0.484 e. The van der Waals surface area contributed by atoms with Gasteiger partial charge in [-0.25, -0.2) is 13.1 Å². The molecule has 1 aromatic carbocycles. The SMILES string of the molecule is CS(=O)(=O)NCCc1ccc(C(=O)CSc2nnc(COc3ccc(Cl)cc3)o2)s1. The zero-order valence-corrected chi connectivity index (χ0v) is 19.0. The van der Waals surface area contributed by atoms with E-state index in [1.54, 1.807) is 30.3 Å². The lowest BCUT2D eigenvalue weighted by molar-refractivity contribution is 0.102. The highest BCUT2D eigenvalue weighted by Crippen LogP contribution is 2.23. The predicted octanol–water partition coefficient (Wildman–Crippen LogP) is 3.43. The second kappa shape index (κ2) is 10.4. The lowest BCUT2D eigenvalue weighted by Gasteiger charge is -2.02. The molecule has 1 N–H and O–H groups in total. The van der Waals surface area contributed by atoms with Crippen molar-refractivity contribution in [3.63, 3.8) is 0 Å². The molecule has 2 aromatic heterocycles. The van der Waals surface area contributed by atoms with E-state index in [-0.39, 0.29) is 23.4 Å². The molecule has 3 rings (SSSR count). The average molecular weight is 488 g/mol. The fourth-order valence-corrected chi connectivity index (χ4v) is 4.55. The zero-order valence-electron chi connectivity index (χ0n) is 15.8. The van der Waals surface area contributed by atoms with Crippen LogP contribution in [0.2, 0.25) is 5.02 Å². The standard InChI is InChI=1S/C18H18ClN3O5S3/c1-30(24,25)20-9-8-14-6-7-16(29-14)15(23)11-28-18-22-21-17(27-18)10-26-13-4-2-12(19)3-5-13/h2-7,20H,8-11H2,1H3. The Morgan fingerprint density at radius 2 is 2.00 bits per heavy atom. The first-order valence-electron chi connectivity index (χ1n) is 8.68. The van der Waals surface area contributed by atoms with E-state index < -0.39 is 10.0 Å². The van der Waals surface area contributed by atoms with E-state index in [1.165, 1.54) is 11.3 Å². The molecule has 3 aromatic rings. The fourth-order valence-electron chi connectivity index (χ4n) is 2.25. The lowest BCUT2D eigenvalue weighted by atomic mass is 10.3. The molecule has 0 saturated heterocycles. The van der Waals surface area contributed by atoms with Gasteiger partial charge in [-0.2, -0.15) is 0 Å². The number of thiophene rings is 1. The van der Waals surface area contributed by atoms with Crippen LogP contribution in [0.15, 0.2) is 46.0 Å². The van der Waals surface area contributed by atoms with Crippen LogP contribution in [0.5, 0.6) is 5.75 Å². The minimum atomic E-state index is -3.22. The summed E-state index contributed by atoms with van der Waals surface area (Å²) in [5.74, 6) is 1.02. The molecular weight excluding hydrogens is 470 g/mol. The number of benzene rings is 1. The second-order valence-electron chi connectivity index (χ2n) is 6.10. The van der Waals surface area contributed by atoms with Crippen molar-refractivity contribution >= 4 is 50.5 Å². The van der Waals surface area contributed by atoms with Crippen LogP contribution in [0.25, 0.3) is 0 Å². The number of ketones is 1. The predicted molar refractivity (Wildman–Crippen MR) is 116 cm³/mol. The Morgan fingerprint density at radius 3 is 2.73 bits per heavy atom. The third-order valence-corrected chi connectivity index (χ3v) is 6.61. The molecule has 0 aliphatic heterocycles. The molecule has 0 atom stereocenters. The molecule has 0 radical (unpaired) electrons. The third kappa shape index (κ3) is 7.40. The van der Waals surface area contributed by atoms with Crippen LogP contribution >= 0.6 is 34.7 Å². The molecule has 160 valence electrons. The van der Waals surface area contributed by atoms with Crippen molar-refractivity contribution in [2.75, 3.05) is 18.6 Å². The number of thioether (sulfide) groups is 1. The number of Topliss-reactive ketones (excluding diaryl/α,β-unsaturated/α-hetero) is 1. The van der Waals surface area contributed by atoms with E-state index in [1.807, 2.05) is 6.07 Å². The van der Waals surface area contributed by atoms with Gasteiger partial charge in [-0.3, -0.25) is 4.79 Å². The highest BCUT2D eigenvalue weighted by Gasteiger charge is 2.14. The van der Waals surface area contributed by atoms with Crippen LogP contribution in [0, 0.1) is 0 Å². The summed E-state index contributed by atoms with van der Waals surface area (Å²) in [4.78, 5) is 13.9. The number of halogens is 1. The summed E-state index contributed by atoms with van der Waals surface area (Å²) in [6.45, 7) is 0.406. The number of nitrogens with zero attached hydrogens (tertiary/aromatic N) is 2. The van der Waals surface area contributed by atoms with E-state index >= 15 is 0 Å². The summed E-state index contributed by atoms with van der Waals surface area (Å²) in [7, 11) is -3.22. The van der Waals surface area contributed by atoms with Crippen LogP contribution in [-0.2, 0) is 23.1 Å². The molecule has 12 heteroatoms. The summed E-state index contributed by atoms with van der Waals surface area (Å²) in [6, 6.07) is 10.5. The van der Waals surface area contributed by atoms with Crippen LogP contribution in [0.1, 0.15) is 20.4 Å².